The highest BCUT2D eigenvalue weighted by molar-refractivity contribution is 6.97. The van der Waals surface area contributed by atoms with Gasteiger partial charge in [-0.3, -0.25) is 0 Å². The third-order valence-electron chi connectivity index (χ3n) is 4.89. The minimum Gasteiger partial charge on any atom is -0.402 e. The summed E-state index contributed by atoms with van der Waals surface area (Å²) in [5.74, 6) is 3.69. The number of nitrogens with one attached hydrogen (secondary N) is 1. The lowest BCUT2D eigenvalue weighted by Gasteiger charge is -2.38. The van der Waals surface area contributed by atoms with Crippen molar-refractivity contribution in [3.63, 3.8) is 0 Å². The molecule has 0 unspecified atom stereocenters. The highest BCUT2D eigenvalue weighted by Gasteiger charge is 2.36. The zero-order valence-electron chi connectivity index (χ0n) is 19.0. The van der Waals surface area contributed by atoms with Gasteiger partial charge < -0.3 is 9.07 Å². The van der Waals surface area contributed by atoms with Crippen LogP contribution in [0.15, 0.2) is 36.0 Å². The van der Waals surface area contributed by atoms with E-state index in [1.807, 2.05) is 0 Å². The average molecular weight is 430 g/mol. The zero-order chi connectivity index (χ0) is 20.9. The summed E-state index contributed by atoms with van der Waals surface area (Å²) in [6.07, 6.45) is 8.27. The van der Waals surface area contributed by atoms with Gasteiger partial charge in [-0.05, 0) is 64.0 Å². The Morgan fingerprint density at radius 2 is 1.54 bits per heavy atom. The van der Waals surface area contributed by atoms with Crippen LogP contribution in [0.4, 0.5) is 0 Å². The van der Waals surface area contributed by atoms with Crippen molar-refractivity contribution in [2.75, 3.05) is 0 Å². The molecule has 0 atom stereocenters. The van der Waals surface area contributed by atoms with Crippen LogP contribution in [-0.4, -0.2) is 30.4 Å². The van der Waals surface area contributed by atoms with Crippen LogP contribution >= 0.6 is 0 Å². The van der Waals surface area contributed by atoms with Gasteiger partial charge in [0.1, 0.15) is 13.8 Å². The van der Waals surface area contributed by atoms with Crippen molar-refractivity contribution in [2.24, 2.45) is 0 Å². The molecule has 0 spiro atoms. The zero-order valence-corrected chi connectivity index (χ0v) is 22.0. The summed E-state index contributed by atoms with van der Waals surface area (Å²) < 4.78 is 10.6. The number of hydrogen-bond donors (Lipinski definition) is 1. The van der Waals surface area contributed by atoms with E-state index in [0.717, 1.165) is 12.8 Å². The fraction of sp³-hybridized carbons (Fsp3) is 0.565. The largest absolute Gasteiger partial charge is 0.402 e. The lowest BCUT2D eigenvalue weighted by Crippen LogP contribution is -2.58. The molecule has 1 saturated carbocycles. The molecule has 0 saturated heterocycles. The Kier molecular flexibility index (Phi) is 7.74. The number of benzene rings is 1. The van der Waals surface area contributed by atoms with Crippen LogP contribution in [0.5, 0.6) is 0 Å². The molecule has 1 aromatic carbocycles. The molecule has 154 valence electrons. The fourth-order valence-electron chi connectivity index (χ4n) is 3.98. The van der Waals surface area contributed by atoms with Crippen LogP contribution in [0, 0.1) is 11.5 Å². The summed E-state index contributed by atoms with van der Waals surface area (Å²) in [6.45, 7) is 16.3. The molecular weight excluding hydrogens is 391 g/mol. The first-order chi connectivity index (χ1) is 12.9. The van der Waals surface area contributed by atoms with Gasteiger partial charge in [-0.25, -0.2) is 0 Å². The van der Waals surface area contributed by atoms with Crippen LogP contribution in [0.3, 0.4) is 0 Å². The second-order valence-corrected chi connectivity index (χ2v) is 22.9. The second kappa shape index (κ2) is 9.27. The van der Waals surface area contributed by atoms with Crippen molar-refractivity contribution in [1.82, 2.24) is 4.65 Å². The first-order valence-electron chi connectivity index (χ1n) is 10.7. The lowest BCUT2D eigenvalue weighted by molar-refractivity contribution is 0.0796. The van der Waals surface area contributed by atoms with Crippen molar-refractivity contribution in [1.29, 1.82) is 0 Å². The van der Waals surface area contributed by atoms with Crippen LogP contribution in [0.1, 0.15) is 37.7 Å². The van der Waals surface area contributed by atoms with Gasteiger partial charge in [-0.1, -0.05) is 67.5 Å². The quantitative estimate of drug-likeness (QED) is 0.421. The molecule has 1 aliphatic carbocycles. The molecule has 0 aliphatic heterocycles. The molecule has 0 bridgehead atoms. The molecule has 1 aliphatic rings. The third kappa shape index (κ3) is 8.22. The van der Waals surface area contributed by atoms with Crippen molar-refractivity contribution < 1.29 is 4.43 Å². The van der Waals surface area contributed by atoms with Crippen LogP contribution in [0.25, 0.3) is 6.08 Å². The van der Waals surface area contributed by atoms with Crippen molar-refractivity contribution in [2.45, 2.75) is 83.5 Å². The van der Waals surface area contributed by atoms with E-state index in [2.05, 4.69) is 104 Å². The van der Waals surface area contributed by atoms with Crippen LogP contribution < -0.4 is 4.65 Å². The highest BCUT2D eigenvalue weighted by Crippen LogP contribution is 2.34. The maximum absolute atomic E-state index is 6.65. The second-order valence-electron chi connectivity index (χ2n) is 10.2. The van der Waals surface area contributed by atoms with E-state index < -0.39 is 24.8 Å². The van der Waals surface area contributed by atoms with Gasteiger partial charge in [0.25, 0.3) is 0 Å². The Labute approximate surface area is 176 Å². The van der Waals surface area contributed by atoms with Crippen molar-refractivity contribution in [3.05, 3.63) is 41.6 Å². The molecule has 5 heteroatoms. The van der Waals surface area contributed by atoms with Gasteiger partial charge in [0.2, 0.25) is 0 Å². The summed E-state index contributed by atoms with van der Waals surface area (Å²) in [5, 5.41) is 0. The van der Waals surface area contributed by atoms with Crippen LogP contribution in [0.2, 0.25) is 45.8 Å². The third-order valence-corrected chi connectivity index (χ3v) is 12.7. The fourth-order valence-corrected chi connectivity index (χ4v) is 13.6. The Hall–Kier alpha value is -0.909. The molecule has 1 fully saturated rings. The molecule has 2 nitrogen and oxygen atoms in total. The van der Waals surface area contributed by atoms with Gasteiger partial charge in [-0.15, -0.1) is 5.54 Å². The summed E-state index contributed by atoms with van der Waals surface area (Å²) in [5.41, 5.74) is 7.19. The number of rotatable bonds is 6. The maximum atomic E-state index is 6.65. The van der Waals surface area contributed by atoms with E-state index >= 15 is 0 Å². The molecular formula is C23H39NOSi3. The summed E-state index contributed by atoms with van der Waals surface area (Å²) >= 11 is 0. The monoisotopic (exact) mass is 429 g/mol. The predicted molar refractivity (Wildman–Crippen MR) is 132 cm³/mol. The normalized spacial score (nSPS) is 18.0. The summed E-state index contributed by atoms with van der Waals surface area (Å²) in [4.78, 5) is 0. The Bertz CT molecular complexity index is 718. The van der Waals surface area contributed by atoms with E-state index in [-0.39, 0.29) is 5.60 Å². The molecule has 1 aromatic rings. The van der Waals surface area contributed by atoms with Gasteiger partial charge in [0.15, 0.2) is 16.6 Å². The standard InChI is InChI=1S/C23H39NOSi3/c1-26(2,3)25-23(17-12-9-13-18-23)19-21-28(6,7)24-27(4,5)20-16-22-14-10-8-11-15-22/h8,10-11,14-16,20,24H,9,12-13,17-18H2,1-7H3/b20-16+. The molecule has 0 aromatic heterocycles. The van der Waals surface area contributed by atoms with Gasteiger partial charge in [0, 0.05) is 0 Å². The summed E-state index contributed by atoms with van der Waals surface area (Å²) in [7, 11) is -5.15. The topological polar surface area (TPSA) is 21.3 Å². The SMILES string of the molecule is C[Si](C)(C#CC1(O[Si](C)(C)C)CCCCC1)N[Si](C)(C)/C=C/c1ccccc1. The first-order valence-corrected chi connectivity index (χ1v) is 20.2. The highest BCUT2D eigenvalue weighted by atomic mass is 28.4. The minimum atomic E-state index is -1.85. The number of hydrogen-bond acceptors (Lipinski definition) is 2. The van der Waals surface area contributed by atoms with Crippen molar-refractivity contribution in [3.8, 4) is 11.5 Å². The lowest BCUT2D eigenvalue weighted by atomic mass is 9.86. The first kappa shape index (κ1) is 23.4. The molecule has 0 heterocycles. The Balaban J connectivity index is 2.13. The maximum Gasteiger partial charge on any atom is 0.195 e. The molecule has 28 heavy (non-hydrogen) atoms. The van der Waals surface area contributed by atoms with E-state index in [1.54, 1.807) is 0 Å². The van der Waals surface area contributed by atoms with E-state index in [4.69, 9.17) is 4.43 Å². The smallest absolute Gasteiger partial charge is 0.195 e. The van der Waals surface area contributed by atoms with Gasteiger partial charge in [0.05, 0.1) is 0 Å². The van der Waals surface area contributed by atoms with Crippen LogP contribution in [-0.2, 0) is 4.43 Å². The van der Waals surface area contributed by atoms with Gasteiger partial charge in [-0.2, -0.15) is 0 Å². The van der Waals surface area contributed by atoms with Crippen molar-refractivity contribution >= 4 is 30.9 Å². The van der Waals surface area contributed by atoms with Gasteiger partial charge >= 0.3 is 0 Å². The van der Waals surface area contributed by atoms with E-state index in [1.165, 1.54) is 24.8 Å². The average Bonchev–Trinajstić information content (AvgIpc) is 2.58. The summed E-state index contributed by atoms with van der Waals surface area (Å²) in [6, 6.07) is 10.6. The molecule has 0 radical (unpaired) electrons. The molecule has 1 N–H and O–H groups in total. The Morgan fingerprint density at radius 1 is 0.929 bits per heavy atom. The minimum absolute atomic E-state index is 0.194. The Morgan fingerprint density at radius 3 is 2.11 bits per heavy atom. The predicted octanol–water partition coefficient (Wildman–Crippen LogP) is 6.34. The van der Waals surface area contributed by atoms with E-state index in [0.29, 0.717) is 0 Å². The molecule has 2 rings (SSSR count). The molecule has 0 amide bonds. The van der Waals surface area contributed by atoms with E-state index in [9.17, 15) is 0 Å².